The molecule has 1 aromatic heterocycles. The van der Waals surface area contributed by atoms with Crippen LogP contribution in [0.2, 0.25) is 0 Å². The van der Waals surface area contributed by atoms with Crippen molar-refractivity contribution < 1.29 is 14.3 Å². The fourth-order valence-electron chi connectivity index (χ4n) is 5.63. The quantitative estimate of drug-likeness (QED) is 0.570. The first-order chi connectivity index (χ1) is 16.6. The Morgan fingerprint density at radius 1 is 1.09 bits per heavy atom. The Morgan fingerprint density at radius 3 is 2.37 bits per heavy atom. The zero-order chi connectivity index (χ0) is 25.2. The minimum atomic E-state index is -0.479. The fraction of sp³-hybridized carbons (Fsp3) is 0.552. The Labute approximate surface area is 209 Å². The molecule has 1 aromatic carbocycles. The van der Waals surface area contributed by atoms with E-state index < -0.39 is 5.60 Å². The highest BCUT2D eigenvalue weighted by molar-refractivity contribution is 5.92. The van der Waals surface area contributed by atoms with Crippen LogP contribution in [0.15, 0.2) is 42.6 Å². The van der Waals surface area contributed by atoms with Crippen LogP contribution >= 0.6 is 0 Å². The van der Waals surface area contributed by atoms with E-state index in [1.54, 1.807) is 4.90 Å². The molecule has 0 bridgehead atoms. The maximum atomic E-state index is 12.7. The van der Waals surface area contributed by atoms with Gasteiger partial charge in [-0.05, 0) is 88.5 Å². The number of rotatable bonds is 4. The maximum Gasteiger partial charge on any atom is 0.410 e. The topological polar surface area (TPSA) is 62.7 Å². The van der Waals surface area contributed by atoms with Crippen molar-refractivity contribution >= 4 is 12.0 Å². The molecule has 2 amide bonds. The molecule has 4 rings (SSSR count). The second kappa shape index (κ2) is 10.00. The average molecular weight is 478 g/mol. The normalized spacial score (nSPS) is 19.2. The number of fused-ring (bicyclic) bond motifs is 1. The number of carbonyl (C=O) groups excluding carboxylic acids is 2. The van der Waals surface area contributed by atoms with Gasteiger partial charge in [0.1, 0.15) is 11.3 Å². The number of carbonyl (C=O) groups is 2. The van der Waals surface area contributed by atoms with Gasteiger partial charge in [-0.25, -0.2) is 4.79 Å². The summed E-state index contributed by atoms with van der Waals surface area (Å²) in [7, 11) is 0. The minimum Gasteiger partial charge on any atom is -0.444 e. The van der Waals surface area contributed by atoms with Gasteiger partial charge < -0.3 is 14.5 Å². The van der Waals surface area contributed by atoms with Gasteiger partial charge in [-0.1, -0.05) is 30.3 Å². The van der Waals surface area contributed by atoms with E-state index in [2.05, 4.69) is 35.3 Å². The number of pyridine rings is 1. The zero-order valence-corrected chi connectivity index (χ0v) is 21.8. The van der Waals surface area contributed by atoms with Crippen molar-refractivity contribution in [2.24, 2.45) is 5.41 Å². The molecule has 1 saturated heterocycles. The maximum absolute atomic E-state index is 12.7. The van der Waals surface area contributed by atoms with Gasteiger partial charge in [-0.3, -0.25) is 9.78 Å². The van der Waals surface area contributed by atoms with Gasteiger partial charge in [0.25, 0.3) is 5.91 Å². The first kappa shape index (κ1) is 25.2. The first-order valence-electron chi connectivity index (χ1n) is 13.0. The number of hydrogen-bond donors (Lipinski definition) is 0. The summed E-state index contributed by atoms with van der Waals surface area (Å²) in [4.78, 5) is 33.6. The molecule has 35 heavy (non-hydrogen) atoms. The van der Waals surface area contributed by atoms with Crippen molar-refractivity contribution in [1.29, 1.82) is 0 Å². The lowest BCUT2D eigenvalue weighted by molar-refractivity contribution is 0.00745. The van der Waals surface area contributed by atoms with Gasteiger partial charge in [0.15, 0.2) is 0 Å². The summed E-state index contributed by atoms with van der Waals surface area (Å²) in [5, 5.41) is 0. The summed E-state index contributed by atoms with van der Waals surface area (Å²) < 4.78 is 5.61. The summed E-state index contributed by atoms with van der Waals surface area (Å²) in [5.74, 6) is 0.217. The summed E-state index contributed by atoms with van der Waals surface area (Å²) >= 11 is 0. The molecule has 1 spiro atoms. The molecule has 6 heteroatoms. The molecule has 188 valence electrons. The molecule has 2 heterocycles. The van der Waals surface area contributed by atoms with Gasteiger partial charge in [0.2, 0.25) is 0 Å². The molecule has 1 unspecified atom stereocenters. The van der Waals surface area contributed by atoms with Gasteiger partial charge >= 0.3 is 6.09 Å². The van der Waals surface area contributed by atoms with Crippen LogP contribution in [-0.4, -0.2) is 58.6 Å². The van der Waals surface area contributed by atoms with E-state index in [-0.39, 0.29) is 23.3 Å². The van der Waals surface area contributed by atoms with Crippen molar-refractivity contribution in [2.75, 3.05) is 26.2 Å². The Bertz CT molecular complexity index is 1050. The monoisotopic (exact) mass is 477 g/mol. The fourth-order valence-corrected chi connectivity index (χ4v) is 5.63. The molecule has 0 radical (unpaired) electrons. The average Bonchev–Trinajstić information content (AvgIpc) is 2.83. The van der Waals surface area contributed by atoms with Crippen LogP contribution < -0.4 is 0 Å². The molecule has 0 saturated carbocycles. The molecular weight excluding hydrogens is 438 g/mol. The summed E-state index contributed by atoms with van der Waals surface area (Å²) in [6, 6.07) is 12.7. The SMILES string of the molecule is CCN(CC)C(=O)c1ccc(C2CC3(CCN(C(=O)OC(C)(C)C)CC3)Cc3ccccc32)cn1. The van der Waals surface area contributed by atoms with E-state index in [1.165, 1.54) is 11.1 Å². The van der Waals surface area contributed by atoms with Crippen molar-refractivity contribution in [3.05, 3.63) is 65.0 Å². The van der Waals surface area contributed by atoms with Gasteiger partial charge in [-0.15, -0.1) is 0 Å². The minimum absolute atomic E-state index is 0.0171. The van der Waals surface area contributed by atoms with Crippen molar-refractivity contribution in [1.82, 2.24) is 14.8 Å². The van der Waals surface area contributed by atoms with Crippen LogP contribution in [0, 0.1) is 5.41 Å². The van der Waals surface area contributed by atoms with Crippen LogP contribution in [0.1, 0.15) is 87.0 Å². The second-order valence-electron chi connectivity index (χ2n) is 11.1. The number of aromatic nitrogens is 1. The Hall–Kier alpha value is -2.89. The van der Waals surface area contributed by atoms with Crippen LogP contribution in [0.3, 0.4) is 0 Å². The second-order valence-corrected chi connectivity index (χ2v) is 11.1. The third kappa shape index (κ3) is 5.52. The lowest BCUT2D eigenvalue weighted by Gasteiger charge is -2.47. The Balaban J connectivity index is 1.54. The van der Waals surface area contributed by atoms with E-state index in [0.29, 0.717) is 18.8 Å². The Morgan fingerprint density at radius 2 is 1.77 bits per heavy atom. The highest BCUT2D eigenvalue weighted by atomic mass is 16.6. The number of ether oxygens (including phenoxy) is 1. The highest BCUT2D eigenvalue weighted by Gasteiger charge is 2.43. The van der Waals surface area contributed by atoms with Crippen LogP contribution in [0.5, 0.6) is 0 Å². The van der Waals surface area contributed by atoms with Gasteiger partial charge in [0, 0.05) is 38.3 Å². The van der Waals surface area contributed by atoms with Crippen LogP contribution in [0.25, 0.3) is 0 Å². The lowest BCUT2D eigenvalue weighted by atomic mass is 9.61. The Kier molecular flexibility index (Phi) is 7.20. The van der Waals surface area contributed by atoms with E-state index in [4.69, 9.17) is 4.74 Å². The molecule has 1 atom stereocenters. The number of benzene rings is 1. The molecule has 1 aliphatic heterocycles. The van der Waals surface area contributed by atoms with E-state index in [0.717, 1.165) is 44.3 Å². The van der Waals surface area contributed by atoms with Gasteiger partial charge in [-0.2, -0.15) is 0 Å². The van der Waals surface area contributed by atoms with E-state index in [9.17, 15) is 9.59 Å². The standard InChI is InChI=1S/C29H39N3O3/c1-6-31(7-2)26(33)25-13-12-22(20-30-25)24-19-29(18-21-10-8-9-11-23(21)24)14-16-32(17-15-29)27(34)35-28(3,4)5/h8-13,20,24H,6-7,14-19H2,1-5H3. The van der Waals surface area contributed by atoms with Crippen LogP contribution in [0.4, 0.5) is 4.79 Å². The number of piperidine rings is 1. The number of hydrogen-bond acceptors (Lipinski definition) is 4. The third-order valence-electron chi connectivity index (χ3n) is 7.57. The molecule has 0 N–H and O–H groups in total. The van der Waals surface area contributed by atoms with Gasteiger partial charge in [0.05, 0.1) is 0 Å². The number of likely N-dealkylation sites (tertiary alicyclic amines) is 1. The summed E-state index contributed by atoms with van der Waals surface area (Å²) in [6.07, 6.45) is 5.67. The number of amides is 2. The molecule has 2 aliphatic rings. The van der Waals surface area contributed by atoms with E-state index in [1.807, 2.05) is 51.8 Å². The smallest absolute Gasteiger partial charge is 0.410 e. The zero-order valence-electron chi connectivity index (χ0n) is 21.8. The molecule has 6 nitrogen and oxygen atoms in total. The molecule has 1 fully saturated rings. The summed E-state index contributed by atoms with van der Waals surface area (Å²) in [5.41, 5.74) is 4.07. The predicted molar refractivity (Wildman–Crippen MR) is 138 cm³/mol. The largest absolute Gasteiger partial charge is 0.444 e. The highest BCUT2D eigenvalue weighted by Crippen LogP contribution is 2.50. The molecule has 2 aromatic rings. The lowest BCUT2D eigenvalue weighted by Crippen LogP contribution is -2.47. The van der Waals surface area contributed by atoms with E-state index >= 15 is 0 Å². The van der Waals surface area contributed by atoms with Crippen molar-refractivity contribution in [2.45, 2.75) is 71.8 Å². The molecule has 1 aliphatic carbocycles. The predicted octanol–water partition coefficient (Wildman–Crippen LogP) is 5.66. The van der Waals surface area contributed by atoms with Crippen molar-refractivity contribution in [3.8, 4) is 0 Å². The third-order valence-corrected chi connectivity index (χ3v) is 7.57. The number of nitrogens with zero attached hydrogens (tertiary/aromatic N) is 3. The van der Waals surface area contributed by atoms with Crippen molar-refractivity contribution in [3.63, 3.8) is 0 Å². The summed E-state index contributed by atoms with van der Waals surface area (Å²) in [6.45, 7) is 12.5. The van der Waals surface area contributed by atoms with Crippen LogP contribution in [-0.2, 0) is 11.2 Å². The molecular formula is C29H39N3O3. The first-order valence-corrected chi connectivity index (χ1v) is 13.0.